The summed E-state index contributed by atoms with van der Waals surface area (Å²) in [7, 11) is -1.94. The number of sulfonamides is 1. The summed E-state index contributed by atoms with van der Waals surface area (Å²) in [5, 5.41) is 0. The number of carbonyl (C=O) groups is 1. The molecule has 0 N–H and O–H groups in total. The average molecular weight is 387 g/mol. The number of rotatable bonds is 4. The van der Waals surface area contributed by atoms with E-state index in [2.05, 4.69) is 4.98 Å². The number of pyridine rings is 1. The van der Waals surface area contributed by atoms with Crippen LogP contribution in [0.25, 0.3) is 0 Å². The molecule has 0 bridgehead atoms. The molecule has 4 rings (SSSR count). The molecule has 0 aliphatic carbocycles. The highest BCUT2D eigenvalue weighted by Gasteiger charge is 2.31. The first kappa shape index (κ1) is 17.9. The Morgan fingerprint density at radius 1 is 1.19 bits per heavy atom. The Labute approximate surface area is 158 Å². The van der Waals surface area contributed by atoms with Gasteiger partial charge in [-0.05, 0) is 36.2 Å². The first-order chi connectivity index (χ1) is 12.9. The van der Waals surface area contributed by atoms with E-state index in [-0.39, 0.29) is 23.8 Å². The molecule has 142 valence electrons. The molecule has 2 aliphatic rings. The Kier molecular flexibility index (Phi) is 4.39. The lowest BCUT2D eigenvalue weighted by Gasteiger charge is -2.28. The first-order valence-corrected chi connectivity index (χ1v) is 10.4. The molecule has 0 saturated carbocycles. The fourth-order valence-electron chi connectivity index (χ4n) is 3.56. The summed E-state index contributed by atoms with van der Waals surface area (Å²) >= 11 is 0. The summed E-state index contributed by atoms with van der Waals surface area (Å²) < 4.78 is 33.1. The van der Waals surface area contributed by atoms with Crippen LogP contribution in [0.5, 0.6) is 5.88 Å². The van der Waals surface area contributed by atoms with E-state index >= 15 is 0 Å². The van der Waals surface area contributed by atoms with Crippen LogP contribution in [0, 0.1) is 0 Å². The van der Waals surface area contributed by atoms with Crippen LogP contribution in [-0.4, -0.2) is 43.8 Å². The van der Waals surface area contributed by atoms with Crippen molar-refractivity contribution in [2.45, 2.75) is 31.2 Å². The summed E-state index contributed by atoms with van der Waals surface area (Å²) in [6.45, 7) is 3.10. The number of carbonyl (C=O) groups excluding carboxylic acids is 1. The van der Waals surface area contributed by atoms with Gasteiger partial charge in [-0.25, -0.2) is 13.4 Å². The minimum atomic E-state index is -3.64. The SMILES string of the molecule is CCOc1ccc2c(n1)CCN(S(=O)(=O)c1ccc3c(c1)CC(=O)N3C)C2. The maximum absolute atomic E-state index is 13.1. The quantitative estimate of drug-likeness (QED) is 0.798. The topological polar surface area (TPSA) is 79.8 Å². The normalized spacial score (nSPS) is 17.0. The van der Waals surface area contributed by atoms with Gasteiger partial charge in [0.25, 0.3) is 0 Å². The third-order valence-electron chi connectivity index (χ3n) is 5.05. The molecule has 7 nitrogen and oxygen atoms in total. The molecule has 2 aliphatic heterocycles. The minimum Gasteiger partial charge on any atom is -0.478 e. The highest BCUT2D eigenvalue weighted by Crippen LogP contribution is 2.32. The maximum atomic E-state index is 13.1. The number of hydrogen-bond acceptors (Lipinski definition) is 5. The molecule has 2 aromatic rings. The van der Waals surface area contributed by atoms with Crippen molar-refractivity contribution in [2.75, 3.05) is 25.1 Å². The molecule has 0 unspecified atom stereocenters. The van der Waals surface area contributed by atoms with Crippen LogP contribution >= 0.6 is 0 Å². The number of anilines is 1. The molecular formula is C19H21N3O4S. The van der Waals surface area contributed by atoms with Crippen molar-refractivity contribution < 1.29 is 17.9 Å². The highest BCUT2D eigenvalue weighted by molar-refractivity contribution is 7.89. The summed E-state index contributed by atoms with van der Waals surface area (Å²) in [5.41, 5.74) is 3.30. The molecule has 1 amide bonds. The Morgan fingerprint density at radius 2 is 2.00 bits per heavy atom. The number of benzene rings is 1. The van der Waals surface area contributed by atoms with E-state index in [4.69, 9.17) is 4.74 Å². The molecule has 1 aromatic carbocycles. The predicted molar refractivity (Wildman–Crippen MR) is 100 cm³/mol. The van der Waals surface area contributed by atoms with Crippen molar-refractivity contribution in [1.82, 2.24) is 9.29 Å². The lowest BCUT2D eigenvalue weighted by molar-refractivity contribution is -0.117. The second-order valence-corrected chi connectivity index (χ2v) is 8.63. The molecule has 0 spiro atoms. The van der Waals surface area contributed by atoms with Crippen molar-refractivity contribution in [3.05, 3.63) is 47.2 Å². The zero-order valence-electron chi connectivity index (χ0n) is 15.3. The zero-order chi connectivity index (χ0) is 19.2. The van der Waals surface area contributed by atoms with E-state index in [0.29, 0.717) is 25.5 Å². The number of hydrogen-bond donors (Lipinski definition) is 0. The third kappa shape index (κ3) is 3.08. The zero-order valence-corrected chi connectivity index (χ0v) is 16.1. The van der Waals surface area contributed by atoms with Gasteiger partial charge in [-0.3, -0.25) is 4.79 Å². The Hall–Kier alpha value is -2.45. The Balaban J connectivity index is 1.60. The predicted octanol–water partition coefficient (Wildman–Crippen LogP) is 1.75. The number of ether oxygens (including phenoxy) is 1. The van der Waals surface area contributed by atoms with Crippen molar-refractivity contribution >= 4 is 21.6 Å². The molecule has 8 heteroatoms. The van der Waals surface area contributed by atoms with Crippen LogP contribution in [0.4, 0.5) is 5.69 Å². The molecule has 0 saturated heterocycles. The number of amides is 1. The number of aromatic nitrogens is 1. The van der Waals surface area contributed by atoms with Crippen molar-refractivity contribution in [3.8, 4) is 5.88 Å². The van der Waals surface area contributed by atoms with Crippen LogP contribution in [-0.2, 0) is 34.2 Å². The van der Waals surface area contributed by atoms with E-state index in [1.807, 2.05) is 13.0 Å². The second-order valence-electron chi connectivity index (χ2n) is 6.70. The lowest BCUT2D eigenvalue weighted by atomic mass is 10.1. The fourth-order valence-corrected chi connectivity index (χ4v) is 5.03. The van der Waals surface area contributed by atoms with Gasteiger partial charge < -0.3 is 9.64 Å². The maximum Gasteiger partial charge on any atom is 0.243 e. The molecule has 0 fully saturated rings. The van der Waals surface area contributed by atoms with Crippen LogP contribution in [0.2, 0.25) is 0 Å². The summed E-state index contributed by atoms with van der Waals surface area (Å²) in [6.07, 6.45) is 0.782. The van der Waals surface area contributed by atoms with Gasteiger partial charge >= 0.3 is 0 Å². The van der Waals surface area contributed by atoms with E-state index in [1.165, 1.54) is 4.31 Å². The summed E-state index contributed by atoms with van der Waals surface area (Å²) in [5.74, 6) is 0.544. The average Bonchev–Trinajstić information content (AvgIpc) is 2.95. The molecule has 1 aromatic heterocycles. The minimum absolute atomic E-state index is 0.0253. The molecular weight excluding hydrogens is 366 g/mol. The van der Waals surface area contributed by atoms with Crippen LogP contribution in [0.3, 0.4) is 0 Å². The lowest BCUT2D eigenvalue weighted by Crippen LogP contribution is -2.36. The van der Waals surface area contributed by atoms with E-state index in [9.17, 15) is 13.2 Å². The third-order valence-corrected chi connectivity index (χ3v) is 6.89. The van der Waals surface area contributed by atoms with Crippen LogP contribution in [0.15, 0.2) is 35.2 Å². The van der Waals surface area contributed by atoms with Gasteiger partial charge in [0.05, 0.1) is 23.6 Å². The second kappa shape index (κ2) is 6.61. The van der Waals surface area contributed by atoms with E-state index in [1.54, 1.807) is 36.2 Å². The molecule has 3 heterocycles. The summed E-state index contributed by atoms with van der Waals surface area (Å²) in [6, 6.07) is 8.56. The molecule has 0 atom stereocenters. The fraction of sp³-hybridized carbons (Fsp3) is 0.368. The van der Waals surface area contributed by atoms with Crippen molar-refractivity contribution in [2.24, 2.45) is 0 Å². The van der Waals surface area contributed by atoms with E-state index in [0.717, 1.165) is 22.5 Å². The van der Waals surface area contributed by atoms with Gasteiger partial charge in [0.15, 0.2) is 0 Å². The smallest absolute Gasteiger partial charge is 0.243 e. The van der Waals surface area contributed by atoms with Gasteiger partial charge in [0, 0.05) is 38.3 Å². The number of fused-ring (bicyclic) bond motifs is 2. The molecule has 0 radical (unpaired) electrons. The monoisotopic (exact) mass is 387 g/mol. The van der Waals surface area contributed by atoms with Gasteiger partial charge in [0.1, 0.15) is 0 Å². The van der Waals surface area contributed by atoms with Crippen molar-refractivity contribution in [1.29, 1.82) is 0 Å². The van der Waals surface area contributed by atoms with Gasteiger partial charge in [-0.2, -0.15) is 4.31 Å². The number of nitrogens with zero attached hydrogens (tertiary/aromatic N) is 3. The van der Waals surface area contributed by atoms with Crippen molar-refractivity contribution in [3.63, 3.8) is 0 Å². The van der Waals surface area contributed by atoms with Gasteiger partial charge in [-0.1, -0.05) is 6.07 Å². The first-order valence-electron chi connectivity index (χ1n) is 8.91. The van der Waals surface area contributed by atoms with E-state index < -0.39 is 10.0 Å². The van der Waals surface area contributed by atoms with Crippen LogP contribution in [0.1, 0.15) is 23.7 Å². The van der Waals surface area contributed by atoms with Crippen LogP contribution < -0.4 is 9.64 Å². The summed E-state index contributed by atoms with van der Waals surface area (Å²) in [4.78, 5) is 18.1. The standard InChI is InChI=1S/C19H21N3O4S/c1-3-26-18-7-4-13-12-22(9-8-16(13)20-18)27(24,25)15-5-6-17-14(10-15)11-19(23)21(17)2/h4-7,10H,3,8-9,11-12H2,1-2H3. The Bertz CT molecular complexity index is 1020. The largest absolute Gasteiger partial charge is 0.478 e. The highest BCUT2D eigenvalue weighted by atomic mass is 32.2. The molecule has 27 heavy (non-hydrogen) atoms. The number of likely N-dealkylation sites (N-methyl/N-ethyl adjacent to an activating group) is 1. The Morgan fingerprint density at radius 3 is 2.78 bits per heavy atom. The van der Waals surface area contributed by atoms with Gasteiger partial charge in [-0.15, -0.1) is 0 Å². The van der Waals surface area contributed by atoms with Gasteiger partial charge in [0.2, 0.25) is 21.8 Å².